The first-order valence-electron chi connectivity index (χ1n) is 6.10. The molecule has 0 radical (unpaired) electrons. The fourth-order valence-electron chi connectivity index (χ4n) is 2.95. The molecule has 0 unspecified atom stereocenters. The van der Waals surface area contributed by atoms with Crippen molar-refractivity contribution in [1.82, 2.24) is 9.36 Å². The summed E-state index contributed by atoms with van der Waals surface area (Å²) in [5.74, 6) is 1.85. The molecule has 0 aromatic carbocycles. The summed E-state index contributed by atoms with van der Waals surface area (Å²) in [4.78, 5) is 4.20. The largest absolute Gasteiger partial charge is 0.382 e. The summed E-state index contributed by atoms with van der Waals surface area (Å²) in [5, 5.41) is 3.32. The van der Waals surface area contributed by atoms with Gasteiger partial charge in [-0.25, -0.2) is 4.99 Å². The second-order valence-corrected chi connectivity index (χ2v) is 4.74. The van der Waals surface area contributed by atoms with Gasteiger partial charge in [0.05, 0.1) is 6.04 Å². The highest BCUT2D eigenvalue weighted by atomic mass is 15.5. The van der Waals surface area contributed by atoms with Gasteiger partial charge in [0.2, 0.25) is 0 Å². The van der Waals surface area contributed by atoms with Gasteiger partial charge in [0, 0.05) is 7.05 Å². The molecule has 1 fully saturated rings. The second-order valence-electron chi connectivity index (χ2n) is 4.74. The standard InChI is InChI=1S/C11H19N5/c1-15-9-10(12)13-7-14-11(9)16(15)8-5-3-2-4-6-8/h8,14H,2-7H2,1H3,(H2,12,13). The van der Waals surface area contributed by atoms with E-state index in [2.05, 4.69) is 26.7 Å². The van der Waals surface area contributed by atoms with Gasteiger partial charge in [-0.05, 0) is 12.8 Å². The number of nitrogens with two attached hydrogens (primary N) is 1. The van der Waals surface area contributed by atoms with Crippen molar-refractivity contribution < 1.29 is 0 Å². The molecule has 0 atom stereocenters. The molecule has 1 aliphatic carbocycles. The van der Waals surface area contributed by atoms with Crippen molar-refractivity contribution in [1.29, 1.82) is 0 Å². The predicted octanol–water partition coefficient (Wildman–Crippen LogP) is 1.42. The Labute approximate surface area is 95.3 Å². The Balaban J connectivity index is 1.92. The lowest BCUT2D eigenvalue weighted by Crippen LogP contribution is -2.40. The van der Waals surface area contributed by atoms with Crippen LogP contribution in [0.5, 0.6) is 0 Å². The number of amidine groups is 1. The van der Waals surface area contributed by atoms with Gasteiger partial charge in [0.1, 0.15) is 18.2 Å². The van der Waals surface area contributed by atoms with E-state index in [1.54, 1.807) is 0 Å². The van der Waals surface area contributed by atoms with Crippen molar-refractivity contribution in [2.75, 3.05) is 12.0 Å². The number of anilines is 1. The van der Waals surface area contributed by atoms with Gasteiger partial charge in [-0.2, -0.15) is 0 Å². The van der Waals surface area contributed by atoms with Gasteiger partial charge in [-0.1, -0.05) is 19.3 Å². The maximum Gasteiger partial charge on any atom is 0.152 e. The summed E-state index contributed by atoms with van der Waals surface area (Å²) in [6.45, 7) is 0.613. The van der Waals surface area contributed by atoms with E-state index >= 15 is 0 Å². The maximum atomic E-state index is 5.89. The highest BCUT2D eigenvalue weighted by Crippen LogP contribution is 2.35. The van der Waals surface area contributed by atoms with Gasteiger partial charge in [-0.3, -0.25) is 9.36 Å². The molecule has 1 saturated carbocycles. The first kappa shape index (κ1) is 9.81. The Bertz CT molecular complexity index is 419. The minimum Gasteiger partial charge on any atom is -0.382 e. The quantitative estimate of drug-likeness (QED) is 0.753. The third kappa shape index (κ3) is 1.27. The average Bonchev–Trinajstić information content (AvgIpc) is 2.29. The molecule has 3 N–H and O–H groups in total. The van der Waals surface area contributed by atoms with Crippen molar-refractivity contribution in [2.24, 2.45) is 17.8 Å². The minimum absolute atomic E-state index is 0.613. The molecule has 5 nitrogen and oxygen atoms in total. The van der Waals surface area contributed by atoms with Crippen molar-refractivity contribution in [3.8, 4) is 0 Å². The van der Waals surface area contributed by atoms with Crippen LogP contribution in [0.25, 0.3) is 0 Å². The maximum absolute atomic E-state index is 5.89. The molecular weight excluding hydrogens is 202 g/mol. The number of nitrogens with zero attached hydrogens (tertiary/aromatic N) is 3. The van der Waals surface area contributed by atoms with Crippen LogP contribution in [0.4, 0.5) is 5.82 Å². The predicted molar refractivity (Wildman–Crippen MR) is 64.7 cm³/mol. The lowest BCUT2D eigenvalue weighted by Gasteiger charge is -2.37. The van der Waals surface area contributed by atoms with E-state index in [9.17, 15) is 0 Å². The van der Waals surface area contributed by atoms with Gasteiger partial charge in [-0.15, -0.1) is 0 Å². The van der Waals surface area contributed by atoms with Crippen LogP contribution < -0.4 is 11.1 Å². The Kier molecular flexibility index (Phi) is 2.19. The van der Waals surface area contributed by atoms with Crippen molar-refractivity contribution in [3.05, 3.63) is 5.69 Å². The topological polar surface area (TPSA) is 60.3 Å². The van der Waals surface area contributed by atoms with E-state index in [0.29, 0.717) is 18.5 Å². The number of fused-ring (bicyclic) bond motifs is 1. The van der Waals surface area contributed by atoms with E-state index in [-0.39, 0.29) is 0 Å². The molecule has 3 rings (SSSR count). The van der Waals surface area contributed by atoms with E-state index < -0.39 is 0 Å². The Morgan fingerprint density at radius 2 is 2.06 bits per heavy atom. The fraction of sp³-hybridized carbons (Fsp3) is 0.727. The SMILES string of the molecule is Cn1c2c(n1C1CCCCC1)NCN=C2N. The van der Waals surface area contributed by atoms with Crippen LogP contribution in [-0.4, -0.2) is 21.9 Å². The lowest BCUT2D eigenvalue weighted by atomic mass is 9.95. The smallest absolute Gasteiger partial charge is 0.152 e. The molecule has 0 amide bonds. The Morgan fingerprint density at radius 1 is 1.31 bits per heavy atom. The van der Waals surface area contributed by atoms with E-state index in [1.807, 2.05) is 0 Å². The van der Waals surface area contributed by atoms with Gasteiger partial charge in [0.15, 0.2) is 5.82 Å². The second kappa shape index (κ2) is 3.57. The third-order valence-corrected chi connectivity index (χ3v) is 3.76. The molecule has 2 aliphatic rings. The molecule has 0 spiro atoms. The van der Waals surface area contributed by atoms with Crippen molar-refractivity contribution in [2.45, 2.75) is 38.1 Å². The number of rotatable bonds is 1. The van der Waals surface area contributed by atoms with Crippen LogP contribution in [0.2, 0.25) is 0 Å². The molecule has 0 bridgehead atoms. The molecule has 1 aliphatic heterocycles. The van der Waals surface area contributed by atoms with Gasteiger partial charge < -0.3 is 11.1 Å². The third-order valence-electron chi connectivity index (χ3n) is 3.76. The van der Waals surface area contributed by atoms with Crippen LogP contribution in [0.1, 0.15) is 43.8 Å². The zero-order chi connectivity index (χ0) is 11.1. The molecule has 1 aromatic rings. The van der Waals surface area contributed by atoms with Crippen molar-refractivity contribution in [3.63, 3.8) is 0 Å². The normalized spacial score (nSPS) is 21.4. The van der Waals surface area contributed by atoms with Crippen LogP contribution in [-0.2, 0) is 7.05 Å². The number of hydrogen-bond donors (Lipinski definition) is 2. The number of aromatic nitrogens is 2. The molecular formula is C11H19N5. The molecule has 1 aromatic heterocycles. The summed E-state index contributed by atoms with van der Waals surface area (Å²) >= 11 is 0. The molecule has 5 heteroatoms. The fourth-order valence-corrected chi connectivity index (χ4v) is 2.95. The van der Waals surface area contributed by atoms with Crippen molar-refractivity contribution >= 4 is 11.7 Å². The summed E-state index contributed by atoms with van der Waals surface area (Å²) < 4.78 is 4.51. The summed E-state index contributed by atoms with van der Waals surface area (Å²) in [6, 6.07) is 0.649. The number of hydrogen-bond acceptors (Lipinski definition) is 3. The van der Waals surface area contributed by atoms with E-state index in [4.69, 9.17) is 5.73 Å². The Morgan fingerprint density at radius 3 is 2.81 bits per heavy atom. The van der Waals surface area contributed by atoms with E-state index in [0.717, 1.165) is 5.69 Å². The zero-order valence-electron chi connectivity index (χ0n) is 9.74. The van der Waals surface area contributed by atoms with Gasteiger partial charge >= 0.3 is 0 Å². The molecule has 0 saturated heterocycles. The van der Waals surface area contributed by atoms with Crippen LogP contribution in [0, 0.1) is 0 Å². The van der Waals surface area contributed by atoms with Crippen LogP contribution in [0.3, 0.4) is 0 Å². The first-order chi connectivity index (χ1) is 7.79. The van der Waals surface area contributed by atoms with Crippen LogP contribution >= 0.6 is 0 Å². The monoisotopic (exact) mass is 221 g/mol. The molecule has 88 valence electrons. The number of nitrogens with one attached hydrogen (secondary N) is 1. The minimum atomic E-state index is 0.613. The highest BCUT2D eigenvalue weighted by Gasteiger charge is 2.29. The zero-order valence-corrected chi connectivity index (χ0v) is 9.74. The van der Waals surface area contributed by atoms with E-state index in [1.165, 1.54) is 37.9 Å². The number of aliphatic imine (C=N–C) groups is 1. The summed E-state index contributed by atoms with van der Waals surface area (Å²) in [7, 11) is 2.07. The molecule has 2 heterocycles. The molecule has 16 heavy (non-hydrogen) atoms. The first-order valence-corrected chi connectivity index (χ1v) is 6.10. The highest BCUT2D eigenvalue weighted by molar-refractivity contribution is 6.02. The summed E-state index contributed by atoms with van der Waals surface area (Å²) in [6.07, 6.45) is 6.67. The summed E-state index contributed by atoms with van der Waals surface area (Å²) in [5.41, 5.74) is 6.95. The Hall–Kier alpha value is -1.39. The average molecular weight is 221 g/mol. The van der Waals surface area contributed by atoms with Crippen LogP contribution in [0.15, 0.2) is 4.99 Å². The lowest BCUT2D eigenvalue weighted by molar-refractivity contribution is 0.283. The van der Waals surface area contributed by atoms with Gasteiger partial charge in [0.25, 0.3) is 0 Å².